The molecule has 1 aliphatic heterocycles. The second-order valence-corrected chi connectivity index (χ2v) is 9.45. The van der Waals surface area contributed by atoms with Crippen LogP contribution in [0.1, 0.15) is 34.5 Å². The molecule has 3 aromatic carbocycles. The van der Waals surface area contributed by atoms with Crippen molar-refractivity contribution in [3.8, 4) is 16.9 Å². The fraction of sp³-hybridized carbons (Fsp3) is 0.214. The van der Waals surface area contributed by atoms with Crippen LogP contribution >= 0.6 is 11.6 Å². The van der Waals surface area contributed by atoms with E-state index in [2.05, 4.69) is 5.10 Å². The number of aliphatic hydroxyl groups is 1. The molecule has 2 heterocycles. The zero-order chi connectivity index (χ0) is 26.2. The van der Waals surface area contributed by atoms with Crippen molar-refractivity contribution in [1.29, 1.82) is 0 Å². The number of halogens is 4. The van der Waals surface area contributed by atoms with Crippen LogP contribution in [0.15, 0.2) is 84.9 Å². The first-order valence-electron chi connectivity index (χ1n) is 11.8. The van der Waals surface area contributed by atoms with Gasteiger partial charge in [0.15, 0.2) is 5.69 Å². The number of hydrogen-bond acceptors (Lipinski definition) is 3. The van der Waals surface area contributed by atoms with Gasteiger partial charge in [-0.05, 0) is 48.7 Å². The number of nitrogens with zero attached hydrogens (tertiary/aromatic N) is 3. The van der Waals surface area contributed by atoms with Crippen LogP contribution in [0, 0.1) is 0 Å². The maximum Gasteiger partial charge on any atom is 0.435 e. The van der Waals surface area contributed by atoms with Crippen molar-refractivity contribution in [1.82, 2.24) is 14.7 Å². The molecule has 0 saturated carbocycles. The van der Waals surface area contributed by atoms with E-state index in [1.165, 1.54) is 0 Å². The summed E-state index contributed by atoms with van der Waals surface area (Å²) in [5.41, 5.74) is 0.196. The molecule has 37 heavy (non-hydrogen) atoms. The molecule has 1 fully saturated rings. The Morgan fingerprint density at radius 3 is 2.16 bits per heavy atom. The van der Waals surface area contributed by atoms with Crippen LogP contribution in [-0.4, -0.2) is 38.8 Å². The Morgan fingerprint density at radius 1 is 0.919 bits per heavy atom. The number of alkyl halides is 3. The van der Waals surface area contributed by atoms with Gasteiger partial charge >= 0.3 is 6.18 Å². The van der Waals surface area contributed by atoms with Crippen molar-refractivity contribution in [3.63, 3.8) is 0 Å². The standard InChI is InChI=1S/C28H23ClF3N3O2/c29-22-8-4-5-9-23(22)35-24(18-25(33-35)28(30,31)32)19-10-12-20(13-11-19)26(36)34-16-14-27(37,15-17-34)21-6-2-1-3-7-21/h1-13,18,37H,14-17H2. The summed E-state index contributed by atoms with van der Waals surface area (Å²) < 4.78 is 41.6. The highest BCUT2D eigenvalue weighted by Crippen LogP contribution is 2.36. The maximum atomic E-state index is 13.5. The average molecular weight is 526 g/mol. The van der Waals surface area contributed by atoms with Gasteiger partial charge in [0.05, 0.1) is 22.0 Å². The van der Waals surface area contributed by atoms with E-state index in [9.17, 15) is 23.1 Å². The maximum absolute atomic E-state index is 13.5. The van der Waals surface area contributed by atoms with Gasteiger partial charge in [-0.2, -0.15) is 18.3 Å². The number of rotatable bonds is 4. The van der Waals surface area contributed by atoms with Crippen LogP contribution in [0.25, 0.3) is 16.9 Å². The zero-order valence-corrected chi connectivity index (χ0v) is 20.4. The van der Waals surface area contributed by atoms with Crippen LogP contribution < -0.4 is 0 Å². The summed E-state index contributed by atoms with van der Waals surface area (Å²) >= 11 is 6.24. The molecule has 5 nitrogen and oxygen atoms in total. The van der Waals surface area contributed by atoms with Crippen LogP contribution in [0.5, 0.6) is 0 Å². The molecule has 5 rings (SSSR count). The minimum Gasteiger partial charge on any atom is -0.385 e. The van der Waals surface area contributed by atoms with Gasteiger partial charge in [-0.3, -0.25) is 4.79 Å². The van der Waals surface area contributed by atoms with Gasteiger partial charge in [0.2, 0.25) is 0 Å². The molecule has 1 aromatic heterocycles. The van der Waals surface area contributed by atoms with Gasteiger partial charge in [-0.25, -0.2) is 4.68 Å². The third-order valence-electron chi connectivity index (χ3n) is 6.70. The van der Waals surface area contributed by atoms with E-state index < -0.39 is 17.5 Å². The Balaban J connectivity index is 1.38. The van der Waals surface area contributed by atoms with Crippen LogP contribution in [0.4, 0.5) is 13.2 Å². The Hall–Kier alpha value is -3.62. The predicted molar refractivity (Wildman–Crippen MR) is 134 cm³/mol. The number of benzene rings is 3. The second kappa shape index (κ2) is 9.68. The Kier molecular flexibility index (Phi) is 6.56. The molecule has 0 atom stereocenters. The van der Waals surface area contributed by atoms with E-state index in [1.807, 2.05) is 30.3 Å². The molecule has 9 heteroatoms. The van der Waals surface area contributed by atoms with Gasteiger partial charge in [-0.1, -0.05) is 66.2 Å². The minimum atomic E-state index is -4.63. The van der Waals surface area contributed by atoms with Gasteiger partial charge in [0, 0.05) is 24.2 Å². The lowest BCUT2D eigenvalue weighted by Crippen LogP contribution is -2.45. The first-order valence-corrected chi connectivity index (χ1v) is 12.1. The molecular weight excluding hydrogens is 503 g/mol. The van der Waals surface area contributed by atoms with Gasteiger partial charge in [0.25, 0.3) is 5.91 Å². The average Bonchev–Trinajstić information content (AvgIpc) is 3.36. The van der Waals surface area contributed by atoms with Gasteiger partial charge in [0.1, 0.15) is 0 Å². The SMILES string of the molecule is O=C(c1ccc(-c2cc(C(F)(F)F)nn2-c2ccccc2Cl)cc1)N1CCC(O)(c2ccccc2)CC1. The molecule has 0 spiro atoms. The number of hydrogen-bond donors (Lipinski definition) is 1. The fourth-order valence-electron chi connectivity index (χ4n) is 4.62. The van der Waals surface area contributed by atoms with Crippen molar-refractivity contribution < 1.29 is 23.1 Å². The Bertz CT molecular complexity index is 1410. The quantitative estimate of drug-likeness (QED) is 0.338. The first kappa shape index (κ1) is 25.0. The summed E-state index contributed by atoms with van der Waals surface area (Å²) in [6, 6.07) is 23.3. The minimum absolute atomic E-state index is 0.197. The summed E-state index contributed by atoms with van der Waals surface area (Å²) in [4.78, 5) is 14.8. The van der Waals surface area contributed by atoms with Gasteiger partial charge < -0.3 is 10.0 Å². The van der Waals surface area contributed by atoms with E-state index in [0.717, 1.165) is 16.3 Å². The summed E-state index contributed by atoms with van der Waals surface area (Å²) in [5, 5.41) is 15.1. The number of carbonyl (C=O) groups excluding carboxylic acids is 1. The topological polar surface area (TPSA) is 58.4 Å². The monoisotopic (exact) mass is 525 g/mol. The normalized spacial score (nSPS) is 15.5. The molecule has 4 aromatic rings. The Morgan fingerprint density at radius 2 is 1.54 bits per heavy atom. The number of carbonyl (C=O) groups is 1. The molecule has 1 saturated heterocycles. The molecule has 0 bridgehead atoms. The molecule has 0 aliphatic carbocycles. The molecule has 1 amide bonds. The van der Waals surface area contributed by atoms with Crippen molar-refractivity contribution in [3.05, 3.63) is 107 Å². The highest BCUT2D eigenvalue weighted by Gasteiger charge is 2.36. The highest BCUT2D eigenvalue weighted by atomic mass is 35.5. The van der Waals surface area contributed by atoms with E-state index in [0.29, 0.717) is 42.7 Å². The summed E-state index contributed by atoms with van der Waals surface area (Å²) in [6.07, 6.45) is -3.80. The molecule has 0 radical (unpaired) electrons. The van der Waals surface area contributed by atoms with Crippen molar-refractivity contribution in [2.24, 2.45) is 0 Å². The second-order valence-electron chi connectivity index (χ2n) is 9.04. The zero-order valence-electron chi connectivity index (χ0n) is 19.6. The van der Waals surface area contributed by atoms with Crippen LogP contribution in [0.2, 0.25) is 5.02 Å². The first-order chi connectivity index (χ1) is 17.7. The largest absolute Gasteiger partial charge is 0.435 e. The lowest BCUT2D eigenvalue weighted by molar-refractivity contribution is -0.141. The molecular formula is C28H23ClF3N3O2. The number of aromatic nitrogens is 2. The van der Waals surface area contributed by atoms with E-state index in [-0.39, 0.29) is 16.6 Å². The molecule has 1 N–H and O–H groups in total. The molecule has 190 valence electrons. The lowest BCUT2D eigenvalue weighted by Gasteiger charge is -2.38. The van der Waals surface area contributed by atoms with E-state index >= 15 is 0 Å². The molecule has 0 unspecified atom stereocenters. The number of para-hydroxylation sites is 1. The predicted octanol–water partition coefficient (Wildman–Crippen LogP) is 6.34. The number of likely N-dealkylation sites (tertiary alicyclic amines) is 1. The molecule has 1 aliphatic rings. The number of piperidine rings is 1. The Labute approximate surface area is 216 Å². The summed E-state index contributed by atoms with van der Waals surface area (Å²) in [7, 11) is 0. The third-order valence-corrected chi connectivity index (χ3v) is 7.02. The van der Waals surface area contributed by atoms with Crippen LogP contribution in [-0.2, 0) is 11.8 Å². The smallest absolute Gasteiger partial charge is 0.385 e. The highest BCUT2D eigenvalue weighted by molar-refractivity contribution is 6.32. The van der Waals surface area contributed by atoms with Gasteiger partial charge in [-0.15, -0.1) is 0 Å². The van der Waals surface area contributed by atoms with Crippen LogP contribution in [0.3, 0.4) is 0 Å². The number of amides is 1. The van der Waals surface area contributed by atoms with Crippen molar-refractivity contribution in [2.45, 2.75) is 24.6 Å². The summed E-state index contributed by atoms with van der Waals surface area (Å²) in [6.45, 7) is 0.778. The lowest BCUT2D eigenvalue weighted by atomic mass is 9.84. The van der Waals surface area contributed by atoms with Crippen molar-refractivity contribution in [2.75, 3.05) is 13.1 Å². The van der Waals surface area contributed by atoms with Crippen molar-refractivity contribution >= 4 is 17.5 Å². The van der Waals surface area contributed by atoms with E-state index in [1.54, 1.807) is 53.4 Å². The third kappa shape index (κ3) is 4.99. The van der Waals surface area contributed by atoms with E-state index in [4.69, 9.17) is 11.6 Å². The summed E-state index contributed by atoms with van der Waals surface area (Å²) in [5.74, 6) is -0.197. The fourth-order valence-corrected chi connectivity index (χ4v) is 4.83.